The summed E-state index contributed by atoms with van der Waals surface area (Å²) in [6, 6.07) is 4.67. The molecule has 2 aromatic heterocycles. The number of fused-ring (bicyclic) bond motifs is 1. The van der Waals surface area contributed by atoms with Crippen molar-refractivity contribution < 1.29 is 0 Å². The maximum absolute atomic E-state index is 4.96. The molecule has 21 heavy (non-hydrogen) atoms. The summed E-state index contributed by atoms with van der Waals surface area (Å²) in [6.07, 6.45) is 8.45. The molecule has 0 radical (unpaired) electrons. The highest BCUT2D eigenvalue weighted by molar-refractivity contribution is 7.11. The van der Waals surface area contributed by atoms with Crippen LogP contribution in [0.25, 0.3) is 0 Å². The molecule has 2 heterocycles. The van der Waals surface area contributed by atoms with Crippen molar-refractivity contribution in [2.45, 2.75) is 51.5 Å². The summed E-state index contributed by atoms with van der Waals surface area (Å²) in [7, 11) is 0. The monoisotopic (exact) mass is 301 g/mol. The van der Waals surface area contributed by atoms with E-state index in [9.17, 15) is 0 Å². The molecule has 0 bridgehead atoms. The molecule has 0 aromatic carbocycles. The standard InChI is InChI=1S/C17H23N3S/c1-12(2)19-11-14-6-3-7-15-17(14)20-16(21-15)9-13-5-4-8-18-10-13/h4-5,8,10,12,14,19H,3,6-7,9,11H2,1-2H3. The molecule has 0 saturated carbocycles. The number of rotatable bonds is 5. The van der Waals surface area contributed by atoms with Gasteiger partial charge in [-0.1, -0.05) is 19.9 Å². The van der Waals surface area contributed by atoms with E-state index in [1.54, 1.807) is 0 Å². The molecule has 4 heteroatoms. The molecule has 1 aliphatic rings. The van der Waals surface area contributed by atoms with Gasteiger partial charge in [0, 0.05) is 42.2 Å². The third kappa shape index (κ3) is 3.69. The quantitative estimate of drug-likeness (QED) is 0.918. The summed E-state index contributed by atoms with van der Waals surface area (Å²) in [4.78, 5) is 10.7. The van der Waals surface area contributed by atoms with Crippen LogP contribution < -0.4 is 5.32 Å². The topological polar surface area (TPSA) is 37.8 Å². The average molecular weight is 301 g/mol. The van der Waals surface area contributed by atoms with Gasteiger partial charge in [-0.2, -0.15) is 0 Å². The first-order valence-corrected chi connectivity index (χ1v) is 8.65. The number of nitrogens with zero attached hydrogens (tertiary/aromatic N) is 2. The smallest absolute Gasteiger partial charge is 0.0975 e. The lowest BCUT2D eigenvalue weighted by Gasteiger charge is -2.22. The second-order valence-electron chi connectivity index (χ2n) is 6.11. The minimum Gasteiger partial charge on any atom is -0.314 e. The molecule has 0 saturated heterocycles. The van der Waals surface area contributed by atoms with Crippen LogP contribution in [0.2, 0.25) is 0 Å². The fourth-order valence-electron chi connectivity index (χ4n) is 2.89. The predicted octanol–water partition coefficient (Wildman–Crippen LogP) is 3.55. The lowest BCUT2D eigenvalue weighted by atomic mass is 9.91. The number of aromatic nitrogens is 2. The van der Waals surface area contributed by atoms with Crippen molar-refractivity contribution in [1.29, 1.82) is 0 Å². The van der Waals surface area contributed by atoms with Crippen molar-refractivity contribution in [2.24, 2.45) is 0 Å². The molecule has 1 N–H and O–H groups in total. The average Bonchev–Trinajstić information content (AvgIpc) is 2.89. The maximum Gasteiger partial charge on any atom is 0.0975 e. The Kier molecular flexibility index (Phi) is 4.66. The van der Waals surface area contributed by atoms with E-state index < -0.39 is 0 Å². The molecule has 0 spiro atoms. The third-order valence-corrected chi connectivity index (χ3v) is 5.10. The van der Waals surface area contributed by atoms with E-state index in [4.69, 9.17) is 4.98 Å². The van der Waals surface area contributed by atoms with Crippen LogP contribution in [0.5, 0.6) is 0 Å². The fourth-order valence-corrected chi connectivity index (χ4v) is 4.12. The van der Waals surface area contributed by atoms with Gasteiger partial charge in [-0.15, -0.1) is 11.3 Å². The highest BCUT2D eigenvalue weighted by Crippen LogP contribution is 2.35. The Labute approximate surface area is 130 Å². The first-order valence-electron chi connectivity index (χ1n) is 7.83. The van der Waals surface area contributed by atoms with Crippen LogP contribution >= 0.6 is 11.3 Å². The second-order valence-corrected chi connectivity index (χ2v) is 7.27. The Morgan fingerprint density at radius 2 is 2.33 bits per heavy atom. The van der Waals surface area contributed by atoms with E-state index in [0.29, 0.717) is 12.0 Å². The first-order chi connectivity index (χ1) is 10.2. The first kappa shape index (κ1) is 14.7. The Morgan fingerprint density at radius 1 is 1.43 bits per heavy atom. The van der Waals surface area contributed by atoms with Crippen LogP contribution in [0.1, 0.15) is 53.7 Å². The second kappa shape index (κ2) is 6.67. The highest BCUT2D eigenvalue weighted by atomic mass is 32.1. The largest absolute Gasteiger partial charge is 0.314 e. The summed E-state index contributed by atoms with van der Waals surface area (Å²) in [5.74, 6) is 0.593. The lowest BCUT2D eigenvalue weighted by Crippen LogP contribution is -2.29. The summed E-state index contributed by atoms with van der Waals surface area (Å²) >= 11 is 1.90. The van der Waals surface area contributed by atoms with Gasteiger partial charge in [-0.05, 0) is 30.9 Å². The van der Waals surface area contributed by atoms with E-state index in [0.717, 1.165) is 13.0 Å². The zero-order chi connectivity index (χ0) is 14.7. The Hall–Kier alpha value is -1.26. The molecular formula is C17H23N3S. The van der Waals surface area contributed by atoms with Gasteiger partial charge in [0.1, 0.15) is 0 Å². The molecule has 2 aromatic rings. The third-order valence-electron chi connectivity index (χ3n) is 3.97. The molecule has 1 aliphatic carbocycles. The SMILES string of the molecule is CC(C)NCC1CCCc2sc(Cc3cccnc3)nc21. The summed E-state index contributed by atoms with van der Waals surface area (Å²) < 4.78 is 0. The number of aryl methyl sites for hydroxylation is 1. The van der Waals surface area contributed by atoms with Gasteiger partial charge in [-0.25, -0.2) is 4.98 Å². The van der Waals surface area contributed by atoms with Crippen LogP contribution in [0.15, 0.2) is 24.5 Å². The van der Waals surface area contributed by atoms with Crippen LogP contribution in [-0.4, -0.2) is 22.6 Å². The zero-order valence-corrected chi connectivity index (χ0v) is 13.6. The lowest BCUT2D eigenvalue weighted by molar-refractivity contribution is 0.474. The van der Waals surface area contributed by atoms with E-state index in [2.05, 4.69) is 30.2 Å². The maximum atomic E-state index is 4.96. The number of pyridine rings is 1. The number of hydrogen-bond donors (Lipinski definition) is 1. The van der Waals surface area contributed by atoms with Gasteiger partial charge >= 0.3 is 0 Å². The van der Waals surface area contributed by atoms with E-state index in [-0.39, 0.29) is 0 Å². The molecule has 1 unspecified atom stereocenters. The van der Waals surface area contributed by atoms with Crippen molar-refractivity contribution in [2.75, 3.05) is 6.54 Å². The van der Waals surface area contributed by atoms with Crippen molar-refractivity contribution in [3.63, 3.8) is 0 Å². The summed E-state index contributed by atoms with van der Waals surface area (Å²) in [5.41, 5.74) is 2.61. The molecule has 3 rings (SSSR count). The van der Waals surface area contributed by atoms with Crippen molar-refractivity contribution >= 4 is 11.3 Å². The summed E-state index contributed by atoms with van der Waals surface area (Å²) in [6.45, 7) is 5.47. The van der Waals surface area contributed by atoms with Gasteiger partial charge in [0.05, 0.1) is 10.7 Å². The number of thiazole rings is 1. The molecule has 0 fully saturated rings. The highest BCUT2D eigenvalue weighted by Gasteiger charge is 2.24. The predicted molar refractivity (Wildman–Crippen MR) is 88.0 cm³/mol. The van der Waals surface area contributed by atoms with E-state index >= 15 is 0 Å². The van der Waals surface area contributed by atoms with Crippen molar-refractivity contribution in [1.82, 2.24) is 15.3 Å². The molecule has 3 nitrogen and oxygen atoms in total. The van der Waals surface area contributed by atoms with Crippen LogP contribution in [0.3, 0.4) is 0 Å². The fraction of sp³-hybridized carbons (Fsp3) is 0.529. The molecule has 0 aliphatic heterocycles. The Balaban J connectivity index is 1.74. The van der Waals surface area contributed by atoms with Gasteiger partial charge in [0.2, 0.25) is 0 Å². The van der Waals surface area contributed by atoms with Gasteiger partial charge < -0.3 is 5.32 Å². The number of hydrogen-bond acceptors (Lipinski definition) is 4. The van der Waals surface area contributed by atoms with Crippen LogP contribution in [-0.2, 0) is 12.8 Å². The normalized spacial score (nSPS) is 18.0. The Bertz CT molecular complexity index is 577. The Morgan fingerprint density at radius 3 is 3.10 bits per heavy atom. The van der Waals surface area contributed by atoms with Gasteiger partial charge in [-0.3, -0.25) is 4.98 Å². The van der Waals surface area contributed by atoms with Crippen LogP contribution in [0, 0.1) is 0 Å². The van der Waals surface area contributed by atoms with Gasteiger partial charge in [0.25, 0.3) is 0 Å². The van der Waals surface area contributed by atoms with Crippen molar-refractivity contribution in [3.05, 3.63) is 45.7 Å². The van der Waals surface area contributed by atoms with E-state index in [1.165, 1.54) is 40.4 Å². The zero-order valence-electron chi connectivity index (χ0n) is 12.8. The molecule has 1 atom stereocenters. The minimum atomic E-state index is 0.545. The van der Waals surface area contributed by atoms with Gasteiger partial charge in [0.15, 0.2) is 0 Å². The van der Waals surface area contributed by atoms with Crippen LogP contribution in [0.4, 0.5) is 0 Å². The molecule has 112 valence electrons. The van der Waals surface area contributed by atoms with E-state index in [1.807, 2.05) is 29.8 Å². The summed E-state index contributed by atoms with van der Waals surface area (Å²) in [5, 5.41) is 4.81. The van der Waals surface area contributed by atoms with Crippen molar-refractivity contribution in [3.8, 4) is 0 Å². The molecule has 0 amide bonds. The minimum absolute atomic E-state index is 0.545. The number of nitrogens with one attached hydrogen (secondary N) is 1. The molecular weight excluding hydrogens is 278 g/mol.